The van der Waals surface area contributed by atoms with Crippen LogP contribution < -0.4 is 10.6 Å². The van der Waals surface area contributed by atoms with E-state index in [9.17, 15) is 9.59 Å². The van der Waals surface area contributed by atoms with E-state index in [1.165, 1.54) is 0 Å². The second-order valence-electron chi connectivity index (χ2n) is 5.86. The normalized spacial score (nSPS) is 16.5. The predicted molar refractivity (Wildman–Crippen MR) is 86.8 cm³/mol. The molecule has 0 aliphatic heterocycles. The number of nitrogens with one attached hydrogen (secondary N) is 2. The highest BCUT2D eigenvalue weighted by molar-refractivity contribution is 6.39. The van der Waals surface area contributed by atoms with Crippen molar-refractivity contribution in [3.63, 3.8) is 0 Å². The molecule has 0 saturated carbocycles. The smallest absolute Gasteiger partial charge is 0.313 e. The Morgan fingerprint density at radius 3 is 2.83 bits per heavy atom. The first-order chi connectivity index (χ1) is 11.1. The Hall–Kier alpha value is -2.63. The van der Waals surface area contributed by atoms with Crippen LogP contribution in [0.25, 0.3) is 0 Å². The van der Waals surface area contributed by atoms with Crippen molar-refractivity contribution in [2.45, 2.75) is 32.2 Å². The largest absolute Gasteiger partial charge is 0.341 e. The summed E-state index contributed by atoms with van der Waals surface area (Å²) in [4.78, 5) is 24.3. The van der Waals surface area contributed by atoms with Gasteiger partial charge in [-0.2, -0.15) is 5.10 Å². The van der Waals surface area contributed by atoms with Gasteiger partial charge >= 0.3 is 11.8 Å². The monoisotopic (exact) mass is 312 g/mol. The van der Waals surface area contributed by atoms with E-state index in [0.717, 1.165) is 36.1 Å². The summed E-state index contributed by atoms with van der Waals surface area (Å²) in [5.41, 5.74) is 3.70. The molecule has 6 nitrogen and oxygen atoms in total. The summed E-state index contributed by atoms with van der Waals surface area (Å²) < 4.78 is 1.83. The van der Waals surface area contributed by atoms with Gasteiger partial charge < -0.3 is 10.6 Å². The van der Waals surface area contributed by atoms with Gasteiger partial charge in [0, 0.05) is 24.0 Å². The van der Waals surface area contributed by atoms with Crippen molar-refractivity contribution in [3.8, 4) is 0 Å². The van der Waals surface area contributed by atoms with E-state index >= 15 is 0 Å². The summed E-state index contributed by atoms with van der Waals surface area (Å²) in [5.74, 6) is -1.26. The van der Waals surface area contributed by atoms with E-state index in [0.29, 0.717) is 5.69 Å². The van der Waals surface area contributed by atoms with Crippen molar-refractivity contribution in [2.24, 2.45) is 7.05 Å². The highest BCUT2D eigenvalue weighted by Crippen LogP contribution is 2.29. The maximum atomic E-state index is 12.2. The van der Waals surface area contributed by atoms with Crippen LogP contribution in [0.3, 0.4) is 0 Å². The predicted octanol–water partition coefficient (Wildman–Crippen LogP) is 1.86. The van der Waals surface area contributed by atoms with Crippen LogP contribution >= 0.6 is 0 Å². The van der Waals surface area contributed by atoms with E-state index in [1.807, 2.05) is 36.9 Å². The maximum absolute atomic E-state index is 12.2. The van der Waals surface area contributed by atoms with E-state index in [2.05, 4.69) is 15.7 Å². The number of anilines is 1. The van der Waals surface area contributed by atoms with Gasteiger partial charge in [-0.25, -0.2) is 0 Å². The Morgan fingerprint density at radius 1 is 1.26 bits per heavy atom. The van der Waals surface area contributed by atoms with Crippen LogP contribution in [0.15, 0.2) is 30.5 Å². The zero-order chi connectivity index (χ0) is 16.4. The summed E-state index contributed by atoms with van der Waals surface area (Å²) in [6.45, 7) is 1.89. The minimum Gasteiger partial charge on any atom is -0.341 e. The first-order valence-corrected chi connectivity index (χ1v) is 7.74. The van der Waals surface area contributed by atoms with Gasteiger partial charge in [0.25, 0.3) is 0 Å². The average Bonchev–Trinajstić information content (AvgIpc) is 2.92. The molecule has 3 rings (SSSR count). The number of aryl methyl sites for hydroxylation is 2. The van der Waals surface area contributed by atoms with Crippen LogP contribution in [0.5, 0.6) is 0 Å². The average molecular weight is 312 g/mol. The van der Waals surface area contributed by atoms with E-state index < -0.39 is 11.8 Å². The zero-order valence-electron chi connectivity index (χ0n) is 13.3. The van der Waals surface area contributed by atoms with Crippen molar-refractivity contribution < 1.29 is 9.59 Å². The molecule has 1 aromatic heterocycles. The lowest BCUT2D eigenvalue weighted by molar-refractivity contribution is -0.136. The Balaban J connectivity index is 1.68. The minimum atomic E-state index is -0.643. The molecule has 0 spiro atoms. The van der Waals surface area contributed by atoms with Gasteiger partial charge in [0.1, 0.15) is 0 Å². The van der Waals surface area contributed by atoms with E-state index in [1.54, 1.807) is 12.3 Å². The SMILES string of the molecule is Cc1ccccc1NC(=O)C(=O)NC1CCCc2c1cnn2C. The fourth-order valence-corrected chi connectivity index (χ4v) is 2.97. The third-order valence-electron chi connectivity index (χ3n) is 4.28. The van der Waals surface area contributed by atoms with Gasteiger partial charge in [-0.15, -0.1) is 0 Å². The van der Waals surface area contributed by atoms with Gasteiger partial charge in [0.15, 0.2) is 0 Å². The molecule has 0 bridgehead atoms. The molecule has 23 heavy (non-hydrogen) atoms. The summed E-state index contributed by atoms with van der Waals surface area (Å²) in [6.07, 6.45) is 4.52. The second-order valence-corrected chi connectivity index (χ2v) is 5.86. The Labute approximate surface area is 134 Å². The van der Waals surface area contributed by atoms with Crippen LogP contribution in [-0.4, -0.2) is 21.6 Å². The van der Waals surface area contributed by atoms with Crippen LogP contribution in [0.1, 0.15) is 35.7 Å². The van der Waals surface area contributed by atoms with Crippen LogP contribution in [-0.2, 0) is 23.1 Å². The number of carbonyl (C=O) groups is 2. The number of amides is 2. The number of rotatable bonds is 2. The fraction of sp³-hybridized carbons (Fsp3) is 0.353. The number of para-hydroxylation sites is 1. The number of hydrogen-bond donors (Lipinski definition) is 2. The van der Waals surface area contributed by atoms with Crippen LogP contribution in [0.4, 0.5) is 5.69 Å². The standard InChI is InChI=1S/C17H20N4O2/c1-11-6-3-4-7-13(11)19-16(22)17(23)20-14-8-5-9-15-12(14)10-18-21(15)2/h3-4,6-7,10,14H,5,8-9H2,1-2H3,(H,19,22)(H,20,23). The fourth-order valence-electron chi connectivity index (χ4n) is 2.97. The quantitative estimate of drug-likeness (QED) is 0.831. The minimum absolute atomic E-state index is 0.150. The lowest BCUT2D eigenvalue weighted by atomic mass is 9.93. The molecule has 0 saturated heterocycles. The summed E-state index contributed by atoms with van der Waals surface area (Å²) in [5, 5.41) is 9.73. The van der Waals surface area contributed by atoms with Crippen molar-refractivity contribution >= 4 is 17.5 Å². The number of hydrogen-bond acceptors (Lipinski definition) is 3. The first-order valence-electron chi connectivity index (χ1n) is 7.74. The topological polar surface area (TPSA) is 76.0 Å². The molecule has 1 aliphatic carbocycles. The van der Waals surface area contributed by atoms with Gasteiger partial charge in [-0.3, -0.25) is 14.3 Å². The molecule has 6 heteroatoms. The van der Waals surface area contributed by atoms with Gasteiger partial charge in [0.05, 0.1) is 12.2 Å². The second kappa shape index (κ2) is 6.24. The lowest BCUT2D eigenvalue weighted by Gasteiger charge is -2.23. The van der Waals surface area contributed by atoms with Gasteiger partial charge in [0.2, 0.25) is 0 Å². The molecule has 0 radical (unpaired) electrons. The number of nitrogens with zero attached hydrogens (tertiary/aromatic N) is 2. The van der Waals surface area contributed by atoms with E-state index in [4.69, 9.17) is 0 Å². The lowest BCUT2D eigenvalue weighted by Crippen LogP contribution is -2.39. The first kappa shape index (κ1) is 15.3. The number of fused-ring (bicyclic) bond motifs is 1. The van der Waals surface area contributed by atoms with E-state index in [-0.39, 0.29) is 6.04 Å². The highest BCUT2D eigenvalue weighted by atomic mass is 16.2. The molecular formula is C17H20N4O2. The molecule has 1 aromatic carbocycles. The molecule has 0 fully saturated rings. The third-order valence-corrected chi connectivity index (χ3v) is 4.28. The zero-order valence-corrected chi connectivity index (χ0v) is 13.3. The van der Waals surface area contributed by atoms with Crippen LogP contribution in [0.2, 0.25) is 0 Å². The molecule has 1 aliphatic rings. The molecular weight excluding hydrogens is 292 g/mol. The van der Waals surface area contributed by atoms with Gasteiger partial charge in [-0.05, 0) is 37.8 Å². The molecule has 2 aromatic rings. The van der Waals surface area contributed by atoms with Crippen molar-refractivity contribution in [2.75, 3.05) is 5.32 Å². The van der Waals surface area contributed by atoms with Crippen LogP contribution in [0, 0.1) is 6.92 Å². The molecule has 2 N–H and O–H groups in total. The molecule has 1 heterocycles. The Bertz CT molecular complexity index is 751. The molecule has 2 amide bonds. The number of benzene rings is 1. The number of aromatic nitrogens is 2. The number of carbonyl (C=O) groups excluding carboxylic acids is 2. The Kier molecular flexibility index (Phi) is 4.14. The molecule has 120 valence electrons. The summed E-state index contributed by atoms with van der Waals surface area (Å²) >= 11 is 0. The molecule has 1 atom stereocenters. The van der Waals surface area contributed by atoms with Crippen molar-refractivity contribution in [1.82, 2.24) is 15.1 Å². The van der Waals surface area contributed by atoms with Crippen molar-refractivity contribution in [3.05, 3.63) is 47.3 Å². The Morgan fingerprint density at radius 2 is 2.04 bits per heavy atom. The third kappa shape index (κ3) is 3.11. The highest BCUT2D eigenvalue weighted by Gasteiger charge is 2.26. The van der Waals surface area contributed by atoms with Crippen molar-refractivity contribution in [1.29, 1.82) is 0 Å². The maximum Gasteiger partial charge on any atom is 0.313 e. The summed E-state index contributed by atoms with van der Waals surface area (Å²) in [6, 6.07) is 7.22. The van der Waals surface area contributed by atoms with Gasteiger partial charge in [-0.1, -0.05) is 18.2 Å². The molecule has 1 unspecified atom stereocenters. The summed E-state index contributed by atoms with van der Waals surface area (Å²) in [7, 11) is 1.90.